The average Bonchev–Trinajstić information content (AvgIpc) is 2.76. The van der Waals surface area contributed by atoms with Crippen LogP contribution in [0.4, 0.5) is 4.79 Å². The molecule has 1 aromatic carbocycles. The first-order valence-electron chi connectivity index (χ1n) is 6.78. The number of carbonyl (C=O) groups is 2. The van der Waals surface area contributed by atoms with Gasteiger partial charge in [0.05, 0.1) is 0 Å². The largest absolute Gasteiger partial charge is 0.481 e. The second kappa shape index (κ2) is 6.78. The number of benzene rings is 1. The van der Waals surface area contributed by atoms with Gasteiger partial charge in [-0.15, -0.1) is 0 Å². The van der Waals surface area contributed by atoms with Gasteiger partial charge in [-0.25, -0.2) is 4.79 Å². The van der Waals surface area contributed by atoms with Crippen molar-refractivity contribution >= 4 is 23.0 Å². The lowest BCUT2D eigenvalue weighted by atomic mass is 10.1. The number of carbonyl (C=O) groups excluding carboxylic acids is 1. The third kappa shape index (κ3) is 3.98. The number of carboxylic acid groups (broad SMARTS) is 1. The molecule has 6 nitrogen and oxygen atoms in total. The first-order chi connectivity index (χ1) is 10.1. The minimum absolute atomic E-state index is 0.0474. The summed E-state index contributed by atoms with van der Waals surface area (Å²) in [6.07, 6.45) is 0.460. The maximum Gasteiger partial charge on any atom is 0.315 e. The molecule has 0 fully saturated rings. The van der Waals surface area contributed by atoms with Crippen molar-refractivity contribution in [3.63, 3.8) is 0 Å². The molecule has 0 aliphatic rings. The third-order valence-corrected chi connectivity index (χ3v) is 3.18. The molecule has 1 aromatic heterocycles. The van der Waals surface area contributed by atoms with Crippen molar-refractivity contribution in [3.8, 4) is 0 Å². The number of rotatable bonds is 6. The molecular weight excluding hydrogens is 272 g/mol. The van der Waals surface area contributed by atoms with Crippen LogP contribution in [0.15, 0.2) is 28.7 Å². The summed E-state index contributed by atoms with van der Waals surface area (Å²) in [6, 6.07) is 7.35. The van der Waals surface area contributed by atoms with Gasteiger partial charge in [-0.3, -0.25) is 4.79 Å². The van der Waals surface area contributed by atoms with Crippen LogP contribution in [0.5, 0.6) is 0 Å². The lowest BCUT2D eigenvalue weighted by Gasteiger charge is -2.06. The number of carboxylic acids is 1. The number of para-hydroxylation sites is 1. The molecule has 112 valence electrons. The maximum atomic E-state index is 11.6. The summed E-state index contributed by atoms with van der Waals surface area (Å²) in [4.78, 5) is 22.0. The van der Waals surface area contributed by atoms with Crippen LogP contribution in [-0.2, 0) is 11.3 Å². The van der Waals surface area contributed by atoms with E-state index in [-0.39, 0.29) is 12.5 Å². The van der Waals surface area contributed by atoms with Crippen molar-refractivity contribution in [2.75, 3.05) is 6.54 Å². The molecule has 0 spiro atoms. The lowest BCUT2D eigenvalue weighted by Crippen LogP contribution is -2.35. The predicted molar refractivity (Wildman–Crippen MR) is 78.1 cm³/mol. The van der Waals surface area contributed by atoms with E-state index < -0.39 is 5.97 Å². The Labute approximate surface area is 122 Å². The first-order valence-corrected chi connectivity index (χ1v) is 6.78. The summed E-state index contributed by atoms with van der Waals surface area (Å²) in [5.41, 5.74) is 1.75. The number of hydrogen-bond donors (Lipinski definition) is 3. The molecule has 2 amide bonds. The van der Waals surface area contributed by atoms with Crippen LogP contribution in [0.25, 0.3) is 11.0 Å². The number of aryl methyl sites for hydroxylation is 1. The summed E-state index contributed by atoms with van der Waals surface area (Å²) in [7, 11) is 0. The first kappa shape index (κ1) is 14.9. The zero-order valence-electron chi connectivity index (χ0n) is 11.8. The fourth-order valence-electron chi connectivity index (χ4n) is 2.11. The maximum absolute atomic E-state index is 11.6. The van der Waals surface area contributed by atoms with E-state index in [1.54, 1.807) is 0 Å². The van der Waals surface area contributed by atoms with Gasteiger partial charge >= 0.3 is 12.0 Å². The number of nitrogens with one attached hydrogen (secondary N) is 2. The molecule has 21 heavy (non-hydrogen) atoms. The summed E-state index contributed by atoms with van der Waals surface area (Å²) in [5.74, 6) is -0.0833. The second-order valence-corrected chi connectivity index (χ2v) is 4.74. The molecule has 0 bridgehead atoms. The number of aliphatic carboxylic acids is 1. The average molecular weight is 290 g/mol. The van der Waals surface area contributed by atoms with E-state index >= 15 is 0 Å². The van der Waals surface area contributed by atoms with Gasteiger partial charge in [-0.1, -0.05) is 18.2 Å². The normalized spacial score (nSPS) is 10.5. The highest BCUT2D eigenvalue weighted by atomic mass is 16.4. The van der Waals surface area contributed by atoms with E-state index in [2.05, 4.69) is 10.6 Å². The van der Waals surface area contributed by atoms with Crippen LogP contribution in [0.3, 0.4) is 0 Å². The van der Waals surface area contributed by atoms with Crippen LogP contribution in [0.2, 0.25) is 0 Å². The number of amides is 2. The molecule has 2 rings (SSSR count). The van der Waals surface area contributed by atoms with Crippen LogP contribution >= 0.6 is 0 Å². The Balaban J connectivity index is 1.85. The Kier molecular flexibility index (Phi) is 4.81. The van der Waals surface area contributed by atoms with Crippen molar-refractivity contribution in [2.24, 2.45) is 0 Å². The van der Waals surface area contributed by atoms with Crippen LogP contribution in [0.1, 0.15) is 24.2 Å². The highest BCUT2D eigenvalue weighted by molar-refractivity contribution is 5.83. The summed E-state index contributed by atoms with van der Waals surface area (Å²) < 4.78 is 5.62. The minimum atomic E-state index is -0.863. The Morgan fingerprint density at radius 3 is 2.76 bits per heavy atom. The minimum Gasteiger partial charge on any atom is -0.481 e. The van der Waals surface area contributed by atoms with E-state index in [0.29, 0.717) is 19.5 Å². The highest BCUT2D eigenvalue weighted by Gasteiger charge is 2.11. The van der Waals surface area contributed by atoms with E-state index in [9.17, 15) is 9.59 Å². The van der Waals surface area contributed by atoms with Crippen LogP contribution < -0.4 is 10.6 Å². The predicted octanol–water partition coefficient (Wildman–Crippen LogP) is 2.41. The van der Waals surface area contributed by atoms with Gasteiger partial charge in [-0.05, 0) is 19.4 Å². The van der Waals surface area contributed by atoms with E-state index in [1.165, 1.54) is 0 Å². The Morgan fingerprint density at radius 1 is 1.24 bits per heavy atom. The van der Waals surface area contributed by atoms with Gasteiger partial charge in [0.15, 0.2) is 0 Å². The Morgan fingerprint density at radius 2 is 2.00 bits per heavy atom. The number of fused-ring (bicyclic) bond motifs is 1. The monoisotopic (exact) mass is 290 g/mol. The Hall–Kier alpha value is -2.50. The van der Waals surface area contributed by atoms with E-state index in [0.717, 1.165) is 22.3 Å². The molecule has 2 aromatic rings. The molecule has 0 atom stereocenters. The van der Waals surface area contributed by atoms with Crippen molar-refractivity contribution in [3.05, 3.63) is 35.6 Å². The number of urea groups is 1. The van der Waals surface area contributed by atoms with Crippen LogP contribution in [0, 0.1) is 6.92 Å². The standard InChI is InChI=1S/C15H18N2O4/c1-10-12(11-5-2-3-6-13(11)21-10)9-17-15(20)16-8-4-7-14(18)19/h2-3,5-6H,4,7-9H2,1H3,(H,18,19)(H2,16,17,20). The zero-order valence-corrected chi connectivity index (χ0v) is 11.8. The number of hydrogen-bond acceptors (Lipinski definition) is 3. The second-order valence-electron chi connectivity index (χ2n) is 4.74. The van der Waals surface area contributed by atoms with E-state index in [4.69, 9.17) is 9.52 Å². The zero-order chi connectivity index (χ0) is 15.2. The summed E-state index contributed by atoms with van der Waals surface area (Å²) in [5, 5.41) is 14.9. The molecule has 0 unspecified atom stereocenters. The molecule has 0 saturated heterocycles. The Bertz CT molecular complexity index is 648. The van der Waals surface area contributed by atoms with Gasteiger partial charge in [0, 0.05) is 30.5 Å². The summed E-state index contributed by atoms with van der Waals surface area (Å²) >= 11 is 0. The van der Waals surface area contributed by atoms with Gasteiger partial charge in [0.25, 0.3) is 0 Å². The highest BCUT2D eigenvalue weighted by Crippen LogP contribution is 2.24. The summed E-state index contributed by atoms with van der Waals surface area (Å²) in [6.45, 7) is 2.57. The van der Waals surface area contributed by atoms with E-state index in [1.807, 2.05) is 31.2 Å². The molecule has 0 radical (unpaired) electrons. The quantitative estimate of drug-likeness (QED) is 0.712. The lowest BCUT2D eigenvalue weighted by molar-refractivity contribution is -0.137. The van der Waals surface area contributed by atoms with Crippen molar-refractivity contribution in [2.45, 2.75) is 26.3 Å². The van der Waals surface area contributed by atoms with Crippen LogP contribution in [-0.4, -0.2) is 23.7 Å². The SMILES string of the molecule is Cc1oc2ccccc2c1CNC(=O)NCCCC(=O)O. The van der Waals surface area contributed by atoms with Gasteiger partial charge < -0.3 is 20.2 Å². The third-order valence-electron chi connectivity index (χ3n) is 3.18. The smallest absolute Gasteiger partial charge is 0.315 e. The van der Waals surface area contributed by atoms with Crippen molar-refractivity contribution in [1.29, 1.82) is 0 Å². The molecule has 1 heterocycles. The van der Waals surface area contributed by atoms with Gasteiger partial charge in [0.2, 0.25) is 0 Å². The molecule has 3 N–H and O–H groups in total. The van der Waals surface area contributed by atoms with Crippen molar-refractivity contribution < 1.29 is 19.1 Å². The number of furan rings is 1. The van der Waals surface area contributed by atoms with Crippen molar-refractivity contribution in [1.82, 2.24) is 10.6 Å². The molecule has 6 heteroatoms. The fraction of sp³-hybridized carbons (Fsp3) is 0.333. The van der Waals surface area contributed by atoms with Gasteiger partial charge in [0.1, 0.15) is 11.3 Å². The molecular formula is C15H18N2O4. The fourth-order valence-corrected chi connectivity index (χ4v) is 2.11. The molecule has 0 aliphatic carbocycles. The topological polar surface area (TPSA) is 91.6 Å². The molecule has 0 aliphatic heterocycles. The molecule has 0 saturated carbocycles. The van der Waals surface area contributed by atoms with Gasteiger partial charge in [-0.2, -0.15) is 0 Å².